The molecule has 3 heteroatoms. The molecule has 0 saturated carbocycles. The third-order valence-corrected chi connectivity index (χ3v) is 3.39. The average Bonchev–Trinajstić information content (AvgIpc) is 2.79. The number of hydrogen-bond donors (Lipinski definition) is 1. The van der Waals surface area contributed by atoms with Crippen LogP contribution < -0.4 is 0 Å². The molecule has 2 nitrogen and oxygen atoms in total. The number of halogens is 1. The number of aryl methyl sites for hydroxylation is 2. The van der Waals surface area contributed by atoms with E-state index in [0.717, 1.165) is 22.0 Å². The van der Waals surface area contributed by atoms with Crippen molar-refractivity contribution in [1.29, 1.82) is 0 Å². The molecule has 0 amide bonds. The number of fused-ring (bicyclic) bond motifs is 1. The number of aromatic nitrogens is 1. The van der Waals surface area contributed by atoms with E-state index in [2.05, 4.69) is 4.98 Å². The number of benzene rings is 2. The monoisotopic (exact) mass is 267 g/mol. The number of H-pyrrole nitrogens is 1. The Morgan fingerprint density at radius 3 is 2.60 bits per heavy atom. The second-order valence-corrected chi connectivity index (χ2v) is 5.10. The van der Waals surface area contributed by atoms with E-state index in [1.165, 1.54) is 12.1 Å². The Morgan fingerprint density at radius 2 is 1.85 bits per heavy atom. The molecule has 0 aliphatic heterocycles. The molecule has 1 aromatic heterocycles. The predicted molar refractivity (Wildman–Crippen MR) is 77.6 cm³/mol. The van der Waals surface area contributed by atoms with Crippen molar-refractivity contribution in [2.75, 3.05) is 0 Å². The van der Waals surface area contributed by atoms with Crippen molar-refractivity contribution in [1.82, 2.24) is 4.98 Å². The minimum absolute atomic E-state index is 0.164. The molecule has 3 aromatic rings. The molecule has 2 aromatic carbocycles. The SMILES string of the molecule is Cc1cc(F)cc(C(=O)c2c[nH]c3cc(C)ccc23)c1. The van der Waals surface area contributed by atoms with Gasteiger partial charge in [-0.05, 0) is 49.2 Å². The lowest BCUT2D eigenvalue weighted by Crippen LogP contribution is -2.01. The zero-order valence-corrected chi connectivity index (χ0v) is 11.3. The van der Waals surface area contributed by atoms with Crippen LogP contribution in [0.4, 0.5) is 4.39 Å². The lowest BCUT2D eigenvalue weighted by atomic mass is 10.0. The molecule has 1 N–H and O–H groups in total. The van der Waals surface area contributed by atoms with Gasteiger partial charge in [-0.25, -0.2) is 4.39 Å². The first-order valence-corrected chi connectivity index (χ1v) is 6.44. The minimum atomic E-state index is -0.385. The predicted octanol–water partition coefficient (Wildman–Crippen LogP) is 4.15. The first kappa shape index (κ1) is 12.6. The van der Waals surface area contributed by atoms with Crippen LogP contribution >= 0.6 is 0 Å². The summed E-state index contributed by atoms with van der Waals surface area (Å²) >= 11 is 0. The normalized spacial score (nSPS) is 10.9. The van der Waals surface area contributed by atoms with Gasteiger partial charge in [0, 0.05) is 28.2 Å². The van der Waals surface area contributed by atoms with Gasteiger partial charge in [-0.15, -0.1) is 0 Å². The summed E-state index contributed by atoms with van der Waals surface area (Å²) < 4.78 is 13.4. The van der Waals surface area contributed by atoms with E-state index in [1.54, 1.807) is 19.2 Å². The molecule has 0 radical (unpaired) electrons. The van der Waals surface area contributed by atoms with E-state index in [1.807, 2.05) is 25.1 Å². The van der Waals surface area contributed by atoms with Gasteiger partial charge < -0.3 is 4.98 Å². The van der Waals surface area contributed by atoms with Gasteiger partial charge >= 0.3 is 0 Å². The summed E-state index contributed by atoms with van der Waals surface area (Å²) in [5.41, 5.74) is 3.74. The van der Waals surface area contributed by atoms with E-state index < -0.39 is 0 Å². The molecule has 0 aliphatic rings. The Hall–Kier alpha value is -2.42. The van der Waals surface area contributed by atoms with Crippen LogP contribution in [-0.4, -0.2) is 10.8 Å². The summed E-state index contributed by atoms with van der Waals surface area (Å²) in [7, 11) is 0. The molecule has 0 spiro atoms. The molecule has 0 unspecified atom stereocenters. The van der Waals surface area contributed by atoms with Gasteiger partial charge in [-0.2, -0.15) is 0 Å². The van der Waals surface area contributed by atoms with Gasteiger partial charge in [0.2, 0.25) is 0 Å². The van der Waals surface area contributed by atoms with Crippen molar-refractivity contribution in [3.8, 4) is 0 Å². The zero-order valence-electron chi connectivity index (χ0n) is 11.3. The summed E-state index contributed by atoms with van der Waals surface area (Å²) in [6.45, 7) is 3.77. The van der Waals surface area contributed by atoms with Crippen molar-refractivity contribution in [3.63, 3.8) is 0 Å². The minimum Gasteiger partial charge on any atom is -0.360 e. The third kappa shape index (κ3) is 2.11. The number of nitrogens with one attached hydrogen (secondary N) is 1. The van der Waals surface area contributed by atoms with Gasteiger partial charge in [0.05, 0.1) is 0 Å². The van der Waals surface area contributed by atoms with Crippen molar-refractivity contribution in [2.24, 2.45) is 0 Å². The summed E-state index contributed by atoms with van der Waals surface area (Å²) in [5.74, 6) is -0.549. The highest BCUT2D eigenvalue weighted by atomic mass is 19.1. The number of ketones is 1. The smallest absolute Gasteiger partial charge is 0.195 e. The maximum absolute atomic E-state index is 13.4. The van der Waals surface area contributed by atoms with Crippen molar-refractivity contribution >= 4 is 16.7 Å². The highest BCUT2D eigenvalue weighted by molar-refractivity contribution is 6.16. The molecule has 0 aliphatic carbocycles. The largest absolute Gasteiger partial charge is 0.360 e. The molecule has 0 saturated heterocycles. The Kier molecular flexibility index (Phi) is 2.90. The molecule has 20 heavy (non-hydrogen) atoms. The molecular formula is C17H14FNO. The lowest BCUT2D eigenvalue weighted by molar-refractivity contribution is 0.104. The standard InChI is InChI=1S/C17H14FNO/c1-10-3-4-14-15(9-19-16(14)7-10)17(20)12-5-11(2)6-13(18)8-12/h3-9,19H,1-2H3. The van der Waals surface area contributed by atoms with Gasteiger partial charge in [0.25, 0.3) is 0 Å². The maximum atomic E-state index is 13.4. The maximum Gasteiger partial charge on any atom is 0.195 e. The first-order chi connectivity index (χ1) is 9.54. The van der Waals surface area contributed by atoms with Gasteiger partial charge in [-0.3, -0.25) is 4.79 Å². The lowest BCUT2D eigenvalue weighted by Gasteiger charge is -2.02. The van der Waals surface area contributed by atoms with Gasteiger partial charge in [0.15, 0.2) is 5.78 Å². The Balaban J connectivity index is 2.12. The number of carbonyl (C=O) groups is 1. The van der Waals surface area contributed by atoms with E-state index in [9.17, 15) is 9.18 Å². The number of carbonyl (C=O) groups excluding carboxylic acids is 1. The quantitative estimate of drug-likeness (QED) is 0.695. The Labute approximate surface area is 116 Å². The van der Waals surface area contributed by atoms with Gasteiger partial charge in [0.1, 0.15) is 5.82 Å². The van der Waals surface area contributed by atoms with Crippen LogP contribution in [0.15, 0.2) is 42.6 Å². The number of aromatic amines is 1. The van der Waals surface area contributed by atoms with Crippen LogP contribution in [-0.2, 0) is 0 Å². The van der Waals surface area contributed by atoms with Crippen LogP contribution in [0.5, 0.6) is 0 Å². The average molecular weight is 267 g/mol. The third-order valence-electron chi connectivity index (χ3n) is 3.39. The van der Waals surface area contributed by atoms with Crippen LogP contribution in [0.25, 0.3) is 10.9 Å². The summed E-state index contributed by atoms with van der Waals surface area (Å²) in [5, 5.41) is 0.863. The summed E-state index contributed by atoms with van der Waals surface area (Å²) in [6, 6.07) is 10.3. The highest BCUT2D eigenvalue weighted by Gasteiger charge is 2.15. The summed E-state index contributed by atoms with van der Waals surface area (Å²) in [6.07, 6.45) is 1.69. The Morgan fingerprint density at radius 1 is 1.05 bits per heavy atom. The fourth-order valence-corrected chi connectivity index (χ4v) is 2.45. The van der Waals surface area contributed by atoms with Gasteiger partial charge in [-0.1, -0.05) is 12.1 Å². The van der Waals surface area contributed by atoms with E-state index >= 15 is 0 Å². The van der Waals surface area contributed by atoms with Crippen LogP contribution in [0.1, 0.15) is 27.0 Å². The molecule has 1 heterocycles. The zero-order chi connectivity index (χ0) is 14.3. The molecule has 3 rings (SSSR count). The molecule has 100 valence electrons. The van der Waals surface area contributed by atoms with E-state index in [4.69, 9.17) is 0 Å². The van der Waals surface area contributed by atoms with E-state index in [0.29, 0.717) is 11.1 Å². The number of hydrogen-bond acceptors (Lipinski definition) is 1. The van der Waals surface area contributed by atoms with E-state index in [-0.39, 0.29) is 11.6 Å². The molecule has 0 bridgehead atoms. The van der Waals surface area contributed by atoms with Crippen molar-refractivity contribution < 1.29 is 9.18 Å². The number of rotatable bonds is 2. The van der Waals surface area contributed by atoms with Crippen molar-refractivity contribution in [3.05, 3.63) is 70.7 Å². The Bertz CT molecular complexity index is 797. The second-order valence-electron chi connectivity index (χ2n) is 5.10. The van der Waals surface area contributed by atoms with Crippen LogP contribution in [0.2, 0.25) is 0 Å². The van der Waals surface area contributed by atoms with Crippen molar-refractivity contribution in [2.45, 2.75) is 13.8 Å². The second kappa shape index (κ2) is 4.60. The topological polar surface area (TPSA) is 32.9 Å². The molecule has 0 fully saturated rings. The fourth-order valence-electron chi connectivity index (χ4n) is 2.45. The summed E-state index contributed by atoms with van der Waals surface area (Å²) in [4.78, 5) is 15.6. The fraction of sp³-hybridized carbons (Fsp3) is 0.118. The highest BCUT2D eigenvalue weighted by Crippen LogP contribution is 2.23. The van der Waals surface area contributed by atoms with Crippen LogP contribution in [0.3, 0.4) is 0 Å². The molecule has 0 atom stereocenters. The van der Waals surface area contributed by atoms with Crippen LogP contribution in [0, 0.1) is 19.7 Å². The first-order valence-electron chi connectivity index (χ1n) is 6.44. The molecular weight excluding hydrogens is 253 g/mol.